The first kappa shape index (κ1) is 44.5. The average Bonchev–Trinajstić information content (AvgIpc) is 3.82. The number of aryl methyl sites for hydroxylation is 1. The Morgan fingerprint density at radius 1 is 0.932 bits per heavy atom. The summed E-state index contributed by atoms with van der Waals surface area (Å²) in [5.74, 6) is -6.90. The van der Waals surface area contributed by atoms with Crippen LogP contribution < -0.4 is 21.3 Å². The van der Waals surface area contributed by atoms with E-state index in [0.717, 1.165) is 29.0 Å². The van der Waals surface area contributed by atoms with Crippen molar-refractivity contribution < 1.29 is 52.2 Å². The zero-order valence-electron chi connectivity index (χ0n) is 34.0. The van der Waals surface area contributed by atoms with Crippen molar-refractivity contribution in [1.82, 2.24) is 30.7 Å². The molecule has 9 atom stereocenters. The highest BCUT2D eigenvalue weighted by Crippen LogP contribution is 2.27. The Morgan fingerprint density at radius 3 is 2.22 bits per heavy atom. The second kappa shape index (κ2) is 18.9. The molecule has 0 aliphatic carbocycles. The van der Waals surface area contributed by atoms with E-state index in [0.29, 0.717) is 18.2 Å². The van der Waals surface area contributed by atoms with Gasteiger partial charge in [0.25, 0.3) is 0 Å². The Hall–Kier alpha value is -5.65. The van der Waals surface area contributed by atoms with Crippen LogP contribution >= 0.6 is 0 Å². The lowest BCUT2D eigenvalue weighted by molar-refractivity contribution is -0.163. The summed E-state index contributed by atoms with van der Waals surface area (Å²) in [6.07, 6.45) is -1.83. The summed E-state index contributed by atoms with van der Waals surface area (Å²) in [5.41, 5.74) is 1.39. The van der Waals surface area contributed by atoms with Crippen LogP contribution in [0.2, 0.25) is 0 Å². The van der Waals surface area contributed by atoms with Crippen LogP contribution in [0.3, 0.4) is 0 Å². The Bertz CT molecular complexity index is 1910. The molecule has 320 valence electrons. The molecule has 3 heterocycles. The molecule has 0 bridgehead atoms. The van der Waals surface area contributed by atoms with Gasteiger partial charge >= 0.3 is 12.0 Å². The molecule has 0 aromatic heterocycles. The summed E-state index contributed by atoms with van der Waals surface area (Å²) in [4.78, 5) is 101. The normalized spacial score (nSPS) is 26.7. The van der Waals surface area contributed by atoms with Gasteiger partial charge in [0, 0.05) is 38.3 Å². The molecule has 0 unspecified atom stereocenters. The molecule has 18 heteroatoms. The summed E-state index contributed by atoms with van der Waals surface area (Å²) >= 11 is 0. The van der Waals surface area contributed by atoms with Crippen molar-refractivity contribution in [3.05, 3.63) is 65.2 Å². The average molecular weight is 826 g/mol. The summed E-state index contributed by atoms with van der Waals surface area (Å²) in [6, 6.07) is 0.519. The number of nitrogens with one attached hydrogen (secondary N) is 4. The molecule has 3 saturated heterocycles. The number of halogens is 2. The van der Waals surface area contributed by atoms with Gasteiger partial charge in [-0.2, -0.15) is 0 Å². The Kier molecular flexibility index (Phi) is 14.3. The first-order chi connectivity index (χ1) is 27.9. The number of cyclic esters (lactones) is 1. The second-order valence-corrected chi connectivity index (χ2v) is 15.7. The number of carbonyl (C=O) groups excluding carboxylic acids is 7. The quantitative estimate of drug-likeness (QED) is 0.245. The minimum atomic E-state index is -1.69. The number of nitrogens with zero attached hydrogens (tertiary/aromatic N) is 3. The van der Waals surface area contributed by atoms with E-state index >= 15 is 0 Å². The van der Waals surface area contributed by atoms with Crippen molar-refractivity contribution in [2.24, 2.45) is 5.92 Å². The van der Waals surface area contributed by atoms with Gasteiger partial charge in [-0.1, -0.05) is 26.0 Å². The maximum Gasteiger partial charge on any atom is 0.329 e. The van der Waals surface area contributed by atoms with Gasteiger partial charge in [0.05, 0.1) is 6.10 Å². The Labute approximate surface area is 341 Å². The number of amides is 7. The van der Waals surface area contributed by atoms with Crippen molar-refractivity contribution in [3.63, 3.8) is 0 Å². The number of benzene rings is 2. The van der Waals surface area contributed by atoms with Crippen LogP contribution in [-0.2, 0) is 46.3 Å². The number of hydrogen-bond donors (Lipinski definition) is 5. The summed E-state index contributed by atoms with van der Waals surface area (Å²) in [6.45, 7) is 8.04. The molecule has 7 amide bonds. The standard InChI is InChI=1S/C41H53F2N7O9/c1-7-25-10-12-29(13-11-25)45-41(58)46-30(18-26-16-27(42)19-28(43)17-26)35(52)47-33-24(5)59-40(57)32-15-21(2)20-50(32)37(54)22(3)44-36(53)34(23(4)51)48(6)38(55)31-9-8-14-49(31)39(33)56/h10-13,16-17,19,21-24,30-34,51H,7-9,14-15,18,20H2,1-6H3,(H,44,53)(H,47,52)(H2,45,46,58)/t21-,22+,23-,24+,30+,31+,32+,33+,34+/m1/s1. The third-order valence-corrected chi connectivity index (χ3v) is 11.0. The summed E-state index contributed by atoms with van der Waals surface area (Å²) in [7, 11) is 1.30. The number of esters is 1. The van der Waals surface area contributed by atoms with E-state index in [1.807, 2.05) is 13.8 Å². The van der Waals surface area contributed by atoms with Gasteiger partial charge in [-0.15, -0.1) is 0 Å². The molecule has 0 spiro atoms. The highest BCUT2D eigenvalue weighted by molar-refractivity contribution is 5.98. The maximum atomic E-state index is 14.6. The molecule has 16 nitrogen and oxygen atoms in total. The first-order valence-electron chi connectivity index (χ1n) is 19.9. The molecule has 59 heavy (non-hydrogen) atoms. The van der Waals surface area contributed by atoms with E-state index in [1.54, 1.807) is 24.3 Å². The highest BCUT2D eigenvalue weighted by Gasteiger charge is 2.47. The van der Waals surface area contributed by atoms with E-state index in [-0.39, 0.29) is 37.4 Å². The van der Waals surface area contributed by atoms with Gasteiger partial charge in [0.1, 0.15) is 54.0 Å². The second-order valence-electron chi connectivity index (χ2n) is 15.7. The lowest BCUT2D eigenvalue weighted by Crippen LogP contribution is -2.63. The zero-order valence-corrected chi connectivity index (χ0v) is 34.0. The van der Waals surface area contributed by atoms with E-state index < -0.39 is 108 Å². The van der Waals surface area contributed by atoms with Crippen LogP contribution in [-0.4, -0.2) is 130 Å². The fraction of sp³-hybridized carbons (Fsp3) is 0.537. The van der Waals surface area contributed by atoms with Crippen molar-refractivity contribution in [2.75, 3.05) is 25.5 Å². The minimum Gasteiger partial charge on any atom is -0.458 e. The van der Waals surface area contributed by atoms with Crippen molar-refractivity contribution in [1.29, 1.82) is 0 Å². The third-order valence-electron chi connectivity index (χ3n) is 11.0. The zero-order chi connectivity index (χ0) is 43.3. The van der Waals surface area contributed by atoms with Crippen molar-refractivity contribution in [3.8, 4) is 0 Å². The monoisotopic (exact) mass is 825 g/mol. The number of aliphatic hydroxyl groups is 1. The number of anilines is 1. The Morgan fingerprint density at radius 2 is 1.59 bits per heavy atom. The van der Waals surface area contributed by atoms with Crippen LogP contribution in [0.15, 0.2) is 42.5 Å². The van der Waals surface area contributed by atoms with Gasteiger partial charge in [0.15, 0.2) is 0 Å². The molecular weight excluding hydrogens is 772 g/mol. The molecule has 0 radical (unpaired) electrons. The van der Waals surface area contributed by atoms with Crippen molar-refractivity contribution in [2.45, 2.75) is 115 Å². The summed E-state index contributed by atoms with van der Waals surface area (Å²) < 4.78 is 34.5. The largest absolute Gasteiger partial charge is 0.458 e. The minimum absolute atomic E-state index is 0.00155. The van der Waals surface area contributed by atoms with Crippen LogP contribution in [0.25, 0.3) is 0 Å². The molecule has 2 aromatic rings. The summed E-state index contributed by atoms with van der Waals surface area (Å²) in [5, 5.41) is 21.0. The van der Waals surface area contributed by atoms with Gasteiger partial charge in [-0.25, -0.2) is 18.4 Å². The van der Waals surface area contributed by atoms with Gasteiger partial charge in [0.2, 0.25) is 29.5 Å². The topological polar surface area (TPSA) is 207 Å². The number of fused-ring (bicyclic) bond motifs is 2. The SMILES string of the molecule is CCc1ccc(NC(=O)N[C@@H](Cc2cc(F)cc(F)c2)C(=O)N[C@@H]2C(=O)N3CCC[C@H]3C(=O)N(C)[C@@H]([C@@H](C)O)C(=O)N[C@@H](C)C(=O)N3C[C@H](C)C[C@H]3C(=O)O[C@H]2C)cc1. The number of hydrogen-bond acceptors (Lipinski definition) is 9. The predicted molar refractivity (Wildman–Crippen MR) is 209 cm³/mol. The highest BCUT2D eigenvalue weighted by atomic mass is 19.1. The molecule has 3 aliphatic rings. The number of ether oxygens (including phenoxy) is 1. The third kappa shape index (κ3) is 10.5. The number of carbonyl (C=O) groups is 7. The number of likely N-dealkylation sites (N-methyl/N-ethyl adjacent to an activating group) is 1. The molecule has 5 rings (SSSR count). The van der Waals surface area contributed by atoms with E-state index in [9.17, 15) is 47.4 Å². The molecule has 2 aromatic carbocycles. The van der Waals surface area contributed by atoms with Gasteiger partial charge < -0.3 is 45.8 Å². The van der Waals surface area contributed by atoms with Crippen molar-refractivity contribution >= 4 is 47.2 Å². The van der Waals surface area contributed by atoms with Crippen LogP contribution in [0.1, 0.15) is 65.0 Å². The van der Waals surface area contributed by atoms with Crippen LogP contribution in [0, 0.1) is 17.6 Å². The fourth-order valence-corrected chi connectivity index (χ4v) is 7.97. The van der Waals surface area contributed by atoms with Gasteiger partial charge in [-0.05, 0) is 87.8 Å². The van der Waals surface area contributed by atoms with Gasteiger partial charge in [-0.3, -0.25) is 24.0 Å². The number of rotatable bonds is 8. The molecular formula is C41H53F2N7O9. The number of aliphatic hydroxyl groups excluding tert-OH is 1. The lowest BCUT2D eigenvalue weighted by Gasteiger charge is -2.37. The molecule has 3 aliphatic heterocycles. The first-order valence-corrected chi connectivity index (χ1v) is 19.9. The molecule has 0 saturated carbocycles. The lowest BCUT2D eigenvalue weighted by atomic mass is 10.0. The Balaban J connectivity index is 1.51. The van der Waals surface area contributed by atoms with Crippen LogP contribution in [0.4, 0.5) is 19.3 Å². The van der Waals surface area contributed by atoms with E-state index in [2.05, 4.69) is 21.3 Å². The molecule has 5 N–H and O–H groups in total. The fourth-order valence-electron chi connectivity index (χ4n) is 7.97. The van der Waals surface area contributed by atoms with Crippen LogP contribution in [0.5, 0.6) is 0 Å². The smallest absolute Gasteiger partial charge is 0.329 e. The molecule has 3 fully saturated rings. The number of urea groups is 1. The maximum absolute atomic E-state index is 14.6. The van der Waals surface area contributed by atoms with E-state index in [1.165, 1.54) is 37.6 Å². The predicted octanol–water partition coefficient (Wildman–Crippen LogP) is 1.63. The van der Waals surface area contributed by atoms with E-state index in [4.69, 9.17) is 4.74 Å².